The number of urea groups is 1. The number of carbonyl (C=O) groups is 1. The average Bonchev–Trinajstić information content (AvgIpc) is 2.86. The molecule has 26 heavy (non-hydrogen) atoms. The highest BCUT2D eigenvalue weighted by Gasteiger charge is 2.28. The Kier molecular flexibility index (Phi) is 5.78. The van der Waals surface area contributed by atoms with Gasteiger partial charge in [0.25, 0.3) is 0 Å². The van der Waals surface area contributed by atoms with E-state index in [0.717, 1.165) is 30.0 Å². The zero-order chi connectivity index (χ0) is 18.5. The molecule has 0 bridgehead atoms. The van der Waals surface area contributed by atoms with Crippen LogP contribution in [0.4, 0.5) is 10.5 Å². The van der Waals surface area contributed by atoms with Crippen molar-refractivity contribution in [2.45, 2.75) is 12.5 Å². The van der Waals surface area contributed by atoms with Crippen molar-refractivity contribution in [3.05, 3.63) is 60.2 Å². The molecule has 2 aromatic rings. The first-order chi connectivity index (χ1) is 12.6. The summed E-state index contributed by atoms with van der Waals surface area (Å²) < 4.78 is 6.28. The predicted molar refractivity (Wildman–Crippen MR) is 105 cm³/mol. The van der Waals surface area contributed by atoms with Gasteiger partial charge in [0, 0.05) is 33.1 Å². The van der Waals surface area contributed by atoms with Crippen molar-refractivity contribution in [3.63, 3.8) is 0 Å². The second-order valence-corrected chi connectivity index (χ2v) is 6.93. The third kappa shape index (κ3) is 4.17. The van der Waals surface area contributed by atoms with Gasteiger partial charge < -0.3 is 14.5 Å². The zero-order valence-electron chi connectivity index (χ0n) is 15.8. The number of para-hydroxylation sites is 2. The lowest BCUT2D eigenvalue weighted by molar-refractivity contribution is 0.201. The number of hydrogen-bond acceptors (Lipinski definition) is 3. The summed E-state index contributed by atoms with van der Waals surface area (Å²) in [6, 6.07) is 18.0. The maximum atomic E-state index is 13.0. The molecule has 2 amide bonds. The van der Waals surface area contributed by atoms with Crippen LogP contribution in [-0.2, 0) is 0 Å². The van der Waals surface area contributed by atoms with Gasteiger partial charge in [-0.05, 0) is 31.8 Å². The van der Waals surface area contributed by atoms with Gasteiger partial charge in [-0.25, -0.2) is 4.79 Å². The van der Waals surface area contributed by atoms with Crippen LogP contribution >= 0.6 is 0 Å². The maximum absolute atomic E-state index is 13.0. The summed E-state index contributed by atoms with van der Waals surface area (Å²) in [5.41, 5.74) is 1.98. The predicted octanol–water partition coefficient (Wildman–Crippen LogP) is 3.63. The highest BCUT2D eigenvalue weighted by Crippen LogP contribution is 2.37. The average molecular weight is 353 g/mol. The minimum Gasteiger partial charge on any atom is -0.483 e. The molecular weight excluding hydrogens is 326 g/mol. The van der Waals surface area contributed by atoms with E-state index in [4.69, 9.17) is 4.74 Å². The molecule has 138 valence electrons. The Hall–Kier alpha value is -2.53. The van der Waals surface area contributed by atoms with Gasteiger partial charge in [0.1, 0.15) is 11.9 Å². The molecule has 0 radical (unpaired) electrons. The molecule has 2 aromatic carbocycles. The van der Waals surface area contributed by atoms with Crippen LogP contribution in [0.3, 0.4) is 0 Å². The summed E-state index contributed by atoms with van der Waals surface area (Å²) in [6.07, 6.45) is 0.702. The third-order valence-corrected chi connectivity index (χ3v) is 4.65. The number of rotatable bonds is 4. The molecule has 0 aromatic heterocycles. The number of anilines is 1. The topological polar surface area (TPSA) is 36.0 Å². The fraction of sp³-hybridized carbons (Fsp3) is 0.381. The monoisotopic (exact) mass is 353 g/mol. The van der Waals surface area contributed by atoms with Gasteiger partial charge in [-0.15, -0.1) is 0 Å². The summed E-state index contributed by atoms with van der Waals surface area (Å²) in [5.74, 6) is 0.758. The van der Waals surface area contributed by atoms with Gasteiger partial charge >= 0.3 is 6.03 Å². The maximum Gasteiger partial charge on any atom is 0.324 e. The number of likely N-dealkylation sites (N-methyl/N-ethyl adjacent to an activating group) is 2. The van der Waals surface area contributed by atoms with Crippen molar-refractivity contribution in [1.29, 1.82) is 0 Å². The Morgan fingerprint density at radius 2 is 1.73 bits per heavy atom. The van der Waals surface area contributed by atoms with Crippen LogP contribution in [0.15, 0.2) is 54.6 Å². The molecule has 1 atom stereocenters. The summed E-state index contributed by atoms with van der Waals surface area (Å²) in [4.78, 5) is 18.7. The van der Waals surface area contributed by atoms with Crippen molar-refractivity contribution in [2.24, 2.45) is 0 Å². The Balaban J connectivity index is 1.83. The standard InChI is InChI=1S/C21H27N3O2/c1-22(2)15-16-23(3)21(25)24-14-13-19(17-9-5-4-6-10-17)26-20-12-8-7-11-18(20)24/h4-12,19H,13-16H2,1-3H3. The molecule has 0 fully saturated rings. The molecule has 1 aliphatic heterocycles. The summed E-state index contributed by atoms with van der Waals surface area (Å²) in [5, 5.41) is 0. The van der Waals surface area contributed by atoms with Crippen LogP contribution in [0.5, 0.6) is 5.75 Å². The number of ether oxygens (including phenoxy) is 1. The molecular formula is C21H27N3O2. The smallest absolute Gasteiger partial charge is 0.324 e. The number of fused-ring (bicyclic) bond motifs is 1. The number of amides is 2. The first-order valence-corrected chi connectivity index (χ1v) is 9.04. The summed E-state index contributed by atoms with van der Waals surface area (Å²) in [6.45, 7) is 2.15. The minimum atomic E-state index is -0.0535. The van der Waals surface area contributed by atoms with Gasteiger partial charge in [0.2, 0.25) is 0 Å². The number of carbonyl (C=O) groups excluding carboxylic acids is 1. The molecule has 0 aliphatic carbocycles. The largest absolute Gasteiger partial charge is 0.483 e. The molecule has 0 spiro atoms. The molecule has 0 saturated carbocycles. The van der Waals surface area contributed by atoms with Crippen LogP contribution < -0.4 is 9.64 Å². The molecule has 1 unspecified atom stereocenters. The lowest BCUT2D eigenvalue weighted by Gasteiger charge is -2.28. The zero-order valence-corrected chi connectivity index (χ0v) is 15.8. The normalized spacial score (nSPS) is 16.6. The fourth-order valence-electron chi connectivity index (χ4n) is 3.11. The first kappa shape index (κ1) is 18.3. The van der Waals surface area contributed by atoms with E-state index in [0.29, 0.717) is 13.1 Å². The summed E-state index contributed by atoms with van der Waals surface area (Å²) in [7, 11) is 5.88. The van der Waals surface area contributed by atoms with E-state index in [1.54, 1.807) is 4.90 Å². The highest BCUT2D eigenvalue weighted by molar-refractivity contribution is 5.93. The molecule has 5 nitrogen and oxygen atoms in total. The summed E-state index contributed by atoms with van der Waals surface area (Å²) >= 11 is 0. The van der Waals surface area contributed by atoms with E-state index < -0.39 is 0 Å². The Morgan fingerprint density at radius 1 is 1.04 bits per heavy atom. The highest BCUT2D eigenvalue weighted by atomic mass is 16.5. The van der Waals surface area contributed by atoms with E-state index >= 15 is 0 Å². The van der Waals surface area contributed by atoms with Crippen LogP contribution in [0, 0.1) is 0 Å². The van der Waals surface area contributed by atoms with E-state index in [9.17, 15) is 4.79 Å². The number of nitrogens with zero attached hydrogens (tertiary/aromatic N) is 3. The number of hydrogen-bond donors (Lipinski definition) is 0. The molecule has 1 heterocycles. The molecule has 0 N–H and O–H groups in total. The van der Waals surface area contributed by atoms with E-state index in [-0.39, 0.29) is 12.1 Å². The second-order valence-electron chi connectivity index (χ2n) is 6.93. The molecule has 5 heteroatoms. The van der Waals surface area contributed by atoms with Crippen molar-refractivity contribution in [2.75, 3.05) is 45.7 Å². The first-order valence-electron chi connectivity index (χ1n) is 9.04. The lowest BCUT2D eigenvalue weighted by atomic mass is 10.1. The minimum absolute atomic E-state index is 0.0108. The molecule has 3 rings (SSSR count). The van der Waals surface area contributed by atoms with E-state index in [1.807, 2.05) is 68.5 Å². The van der Waals surface area contributed by atoms with E-state index in [1.165, 1.54) is 0 Å². The van der Waals surface area contributed by atoms with Crippen molar-refractivity contribution < 1.29 is 9.53 Å². The van der Waals surface area contributed by atoms with Crippen molar-refractivity contribution in [3.8, 4) is 5.75 Å². The van der Waals surface area contributed by atoms with Gasteiger partial charge in [-0.3, -0.25) is 4.90 Å². The van der Waals surface area contributed by atoms with Gasteiger partial charge in [-0.2, -0.15) is 0 Å². The van der Waals surface area contributed by atoms with Crippen LogP contribution in [0.25, 0.3) is 0 Å². The quantitative estimate of drug-likeness (QED) is 0.842. The van der Waals surface area contributed by atoms with Crippen LogP contribution in [0.2, 0.25) is 0 Å². The second kappa shape index (κ2) is 8.23. The van der Waals surface area contributed by atoms with Gasteiger partial charge in [-0.1, -0.05) is 42.5 Å². The Morgan fingerprint density at radius 3 is 2.46 bits per heavy atom. The van der Waals surface area contributed by atoms with E-state index in [2.05, 4.69) is 17.0 Å². The van der Waals surface area contributed by atoms with Gasteiger partial charge in [0.05, 0.1) is 5.69 Å². The van der Waals surface area contributed by atoms with Gasteiger partial charge in [0.15, 0.2) is 0 Å². The lowest BCUT2D eigenvalue weighted by Crippen LogP contribution is -2.44. The van der Waals surface area contributed by atoms with Crippen molar-refractivity contribution >= 4 is 11.7 Å². The number of benzene rings is 2. The molecule has 1 aliphatic rings. The molecule has 0 saturated heterocycles. The Labute approximate surface area is 155 Å². The van der Waals surface area contributed by atoms with Crippen LogP contribution in [-0.4, -0.2) is 56.6 Å². The SMILES string of the molecule is CN(C)CCN(C)C(=O)N1CCC(c2ccccc2)Oc2ccccc21. The van der Waals surface area contributed by atoms with Crippen molar-refractivity contribution in [1.82, 2.24) is 9.80 Å². The van der Waals surface area contributed by atoms with Crippen LogP contribution in [0.1, 0.15) is 18.1 Å². The fourth-order valence-corrected chi connectivity index (χ4v) is 3.11. The third-order valence-electron chi connectivity index (χ3n) is 4.65. The Bertz CT molecular complexity index is 733.